The molecule has 0 atom stereocenters. The molecule has 2 aromatic carbocycles. The molecule has 10 nitrogen and oxygen atoms in total. The number of amides is 1. The lowest BCUT2D eigenvalue weighted by atomic mass is 10.1. The van der Waals surface area contributed by atoms with Crippen molar-refractivity contribution in [2.45, 2.75) is 13.5 Å². The number of ether oxygens (including phenoxy) is 1. The van der Waals surface area contributed by atoms with Crippen LogP contribution in [0.4, 0.5) is 5.69 Å². The average Bonchev–Trinajstić information content (AvgIpc) is 3.27. The number of aromatic nitrogens is 2. The van der Waals surface area contributed by atoms with E-state index in [2.05, 4.69) is 15.0 Å². The molecule has 0 spiro atoms. The predicted molar refractivity (Wildman–Crippen MR) is 115 cm³/mol. The van der Waals surface area contributed by atoms with Crippen LogP contribution in [0.15, 0.2) is 53.1 Å². The number of rotatable bonds is 7. The molecule has 1 aliphatic heterocycles. The molecule has 1 amide bonds. The minimum atomic E-state index is -0.499. The minimum Gasteiger partial charge on any atom is -0.484 e. The predicted octanol–water partition coefficient (Wildman–Crippen LogP) is 2.68. The fraction of sp³-hybridized carbons (Fsp3) is 0.318. The number of benzene rings is 2. The second-order valence-corrected chi connectivity index (χ2v) is 7.58. The van der Waals surface area contributed by atoms with Crippen molar-refractivity contribution in [2.75, 3.05) is 32.8 Å². The number of piperazine rings is 1. The van der Waals surface area contributed by atoms with E-state index in [1.54, 1.807) is 11.0 Å². The van der Waals surface area contributed by atoms with Crippen molar-refractivity contribution < 1.29 is 19.0 Å². The molecule has 32 heavy (non-hydrogen) atoms. The van der Waals surface area contributed by atoms with Crippen LogP contribution < -0.4 is 4.74 Å². The Morgan fingerprint density at radius 3 is 2.62 bits per heavy atom. The molecular weight excluding hydrogens is 414 g/mol. The zero-order valence-corrected chi connectivity index (χ0v) is 17.6. The maximum Gasteiger partial charge on any atom is 0.273 e. The third-order valence-electron chi connectivity index (χ3n) is 5.25. The Bertz CT molecular complexity index is 1090. The number of nitro groups is 1. The fourth-order valence-electron chi connectivity index (χ4n) is 3.41. The number of aryl methyl sites for hydroxylation is 1. The Labute approximate surface area is 184 Å². The standard InChI is InChI=1S/C22H23N5O5/c1-16-5-7-17(8-6-16)22-23-20(32-24-22)14-25-9-11-26(12-10-25)21(28)15-31-19-4-2-3-18(13-19)27(29)30/h2-8,13H,9-12,14-15H2,1H3. The van der Waals surface area contributed by atoms with E-state index in [1.807, 2.05) is 31.2 Å². The van der Waals surface area contributed by atoms with Crippen molar-refractivity contribution in [3.8, 4) is 17.1 Å². The highest BCUT2D eigenvalue weighted by Gasteiger charge is 2.23. The third kappa shape index (κ3) is 5.27. The van der Waals surface area contributed by atoms with E-state index in [1.165, 1.54) is 23.8 Å². The van der Waals surface area contributed by atoms with Gasteiger partial charge in [0.05, 0.1) is 17.5 Å². The Morgan fingerprint density at radius 1 is 1.16 bits per heavy atom. The first-order valence-electron chi connectivity index (χ1n) is 10.2. The maximum atomic E-state index is 12.4. The Balaban J connectivity index is 1.24. The normalized spacial score (nSPS) is 14.3. The van der Waals surface area contributed by atoms with E-state index in [-0.39, 0.29) is 18.2 Å². The molecule has 1 fully saturated rings. The van der Waals surface area contributed by atoms with Gasteiger partial charge in [-0.15, -0.1) is 0 Å². The lowest BCUT2D eigenvalue weighted by Gasteiger charge is -2.33. The van der Waals surface area contributed by atoms with E-state index < -0.39 is 4.92 Å². The van der Waals surface area contributed by atoms with Crippen LogP contribution in [-0.4, -0.2) is 63.6 Å². The minimum absolute atomic E-state index is 0.0740. The highest BCUT2D eigenvalue weighted by Crippen LogP contribution is 2.20. The summed E-state index contributed by atoms with van der Waals surface area (Å²) in [7, 11) is 0. The van der Waals surface area contributed by atoms with Crippen molar-refractivity contribution >= 4 is 11.6 Å². The van der Waals surface area contributed by atoms with E-state index >= 15 is 0 Å². The molecule has 3 aromatic rings. The van der Waals surface area contributed by atoms with Crippen molar-refractivity contribution in [3.63, 3.8) is 0 Å². The lowest BCUT2D eigenvalue weighted by Crippen LogP contribution is -2.49. The lowest BCUT2D eigenvalue weighted by molar-refractivity contribution is -0.384. The van der Waals surface area contributed by atoms with Crippen LogP contribution in [0.3, 0.4) is 0 Å². The monoisotopic (exact) mass is 437 g/mol. The van der Waals surface area contributed by atoms with Gasteiger partial charge in [0.1, 0.15) is 5.75 Å². The molecule has 1 saturated heterocycles. The SMILES string of the molecule is Cc1ccc(-c2noc(CN3CCN(C(=O)COc4cccc([N+](=O)[O-])c4)CC3)n2)cc1. The van der Waals surface area contributed by atoms with Gasteiger partial charge in [0.15, 0.2) is 6.61 Å². The molecule has 0 unspecified atom stereocenters. The van der Waals surface area contributed by atoms with E-state index in [0.717, 1.165) is 5.56 Å². The van der Waals surface area contributed by atoms with Crippen molar-refractivity contribution in [1.82, 2.24) is 19.9 Å². The summed E-state index contributed by atoms with van der Waals surface area (Å²) in [6.45, 7) is 4.83. The van der Waals surface area contributed by atoms with Gasteiger partial charge in [-0.2, -0.15) is 4.98 Å². The number of carbonyl (C=O) groups is 1. The Morgan fingerprint density at radius 2 is 1.91 bits per heavy atom. The quantitative estimate of drug-likeness (QED) is 0.409. The molecule has 10 heteroatoms. The number of non-ortho nitro benzene ring substituents is 1. The van der Waals surface area contributed by atoms with Crippen LogP contribution in [0, 0.1) is 17.0 Å². The summed E-state index contributed by atoms with van der Waals surface area (Å²) in [5.74, 6) is 1.24. The first-order valence-corrected chi connectivity index (χ1v) is 10.2. The smallest absolute Gasteiger partial charge is 0.273 e. The topological polar surface area (TPSA) is 115 Å². The van der Waals surface area contributed by atoms with Gasteiger partial charge >= 0.3 is 0 Å². The van der Waals surface area contributed by atoms with Crippen molar-refractivity contribution in [1.29, 1.82) is 0 Å². The maximum absolute atomic E-state index is 12.4. The fourth-order valence-corrected chi connectivity index (χ4v) is 3.41. The Kier molecular flexibility index (Phi) is 6.41. The zero-order valence-electron chi connectivity index (χ0n) is 17.6. The molecule has 0 aliphatic carbocycles. The molecule has 2 heterocycles. The summed E-state index contributed by atoms with van der Waals surface area (Å²) < 4.78 is 10.8. The van der Waals surface area contributed by atoms with Crippen molar-refractivity contribution in [2.24, 2.45) is 0 Å². The largest absolute Gasteiger partial charge is 0.484 e. The van der Waals surface area contributed by atoms with E-state index in [0.29, 0.717) is 50.2 Å². The van der Waals surface area contributed by atoms with Gasteiger partial charge < -0.3 is 14.2 Å². The third-order valence-corrected chi connectivity index (χ3v) is 5.25. The molecule has 1 aromatic heterocycles. The van der Waals surface area contributed by atoms with Crippen LogP contribution in [-0.2, 0) is 11.3 Å². The molecule has 1 aliphatic rings. The Hall–Kier alpha value is -3.79. The summed E-state index contributed by atoms with van der Waals surface area (Å²) in [5, 5.41) is 14.9. The van der Waals surface area contributed by atoms with E-state index in [4.69, 9.17) is 9.26 Å². The second kappa shape index (κ2) is 9.56. The van der Waals surface area contributed by atoms with Crippen LogP contribution in [0.1, 0.15) is 11.5 Å². The van der Waals surface area contributed by atoms with Gasteiger partial charge in [-0.25, -0.2) is 0 Å². The van der Waals surface area contributed by atoms with Gasteiger partial charge in [-0.1, -0.05) is 41.1 Å². The summed E-state index contributed by atoms with van der Waals surface area (Å²) in [4.78, 5) is 31.1. The molecule has 0 saturated carbocycles. The highest BCUT2D eigenvalue weighted by molar-refractivity contribution is 5.78. The molecule has 0 radical (unpaired) electrons. The second-order valence-electron chi connectivity index (χ2n) is 7.58. The van der Waals surface area contributed by atoms with Crippen LogP contribution in [0.5, 0.6) is 5.75 Å². The van der Waals surface area contributed by atoms with Gasteiger partial charge in [0.2, 0.25) is 11.7 Å². The number of carbonyl (C=O) groups excluding carboxylic acids is 1. The molecular formula is C22H23N5O5. The highest BCUT2D eigenvalue weighted by atomic mass is 16.6. The first-order chi connectivity index (χ1) is 15.5. The molecule has 0 N–H and O–H groups in total. The van der Waals surface area contributed by atoms with Crippen molar-refractivity contribution in [3.05, 3.63) is 70.1 Å². The average molecular weight is 437 g/mol. The molecule has 4 rings (SSSR count). The number of nitrogens with zero attached hydrogens (tertiary/aromatic N) is 5. The van der Waals surface area contributed by atoms with Gasteiger partial charge in [0.25, 0.3) is 11.6 Å². The summed E-state index contributed by atoms with van der Waals surface area (Å²) in [5.41, 5.74) is 2.00. The number of nitro benzene ring substituents is 1. The molecule has 0 bridgehead atoms. The van der Waals surface area contributed by atoms with Gasteiger partial charge in [-0.3, -0.25) is 19.8 Å². The first kappa shape index (κ1) is 21.4. The van der Waals surface area contributed by atoms with Gasteiger partial charge in [0, 0.05) is 37.8 Å². The number of hydrogen-bond acceptors (Lipinski definition) is 8. The summed E-state index contributed by atoms with van der Waals surface area (Å²) >= 11 is 0. The zero-order chi connectivity index (χ0) is 22.5. The van der Waals surface area contributed by atoms with Crippen LogP contribution in [0.25, 0.3) is 11.4 Å². The summed E-state index contributed by atoms with van der Waals surface area (Å²) in [6.07, 6.45) is 0. The molecule has 166 valence electrons. The van der Waals surface area contributed by atoms with E-state index in [9.17, 15) is 14.9 Å². The summed E-state index contributed by atoms with van der Waals surface area (Å²) in [6, 6.07) is 13.7. The number of hydrogen-bond donors (Lipinski definition) is 0. The van der Waals surface area contributed by atoms with Gasteiger partial charge in [-0.05, 0) is 13.0 Å². The van der Waals surface area contributed by atoms with Crippen LogP contribution >= 0.6 is 0 Å². The van der Waals surface area contributed by atoms with Crippen LogP contribution in [0.2, 0.25) is 0 Å².